The first-order chi connectivity index (χ1) is 15.2. The summed E-state index contributed by atoms with van der Waals surface area (Å²) in [6, 6.07) is 10.3. The molecule has 1 N–H and O–H groups in total. The summed E-state index contributed by atoms with van der Waals surface area (Å²) in [5.41, 5.74) is 0.697. The van der Waals surface area contributed by atoms with Crippen molar-refractivity contribution in [1.82, 2.24) is 4.90 Å². The van der Waals surface area contributed by atoms with Gasteiger partial charge in [0.1, 0.15) is 11.5 Å². The highest BCUT2D eigenvalue weighted by molar-refractivity contribution is 6.02. The first-order valence-electron chi connectivity index (χ1n) is 10.3. The second-order valence-electron chi connectivity index (χ2n) is 7.69. The molecule has 0 aliphatic carbocycles. The minimum Gasteiger partial charge on any atom is -0.457 e. The smallest absolute Gasteiger partial charge is 0.416 e. The third kappa shape index (κ3) is 6.05. The molecule has 1 saturated heterocycles. The second kappa shape index (κ2) is 10.1. The van der Waals surface area contributed by atoms with Gasteiger partial charge in [0, 0.05) is 17.7 Å². The second-order valence-corrected chi connectivity index (χ2v) is 7.69. The summed E-state index contributed by atoms with van der Waals surface area (Å²) in [5, 5.41) is 9.56. The van der Waals surface area contributed by atoms with E-state index in [2.05, 4.69) is 28.2 Å². The van der Waals surface area contributed by atoms with E-state index in [4.69, 9.17) is 4.74 Å². The Kier molecular flexibility index (Phi) is 7.48. The Labute approximate surface area is 185 Å². The van der Waals surface area contributed by atoms with E-state index >= 15 is 0 Å². The Morgan fingerprint density at radius 3 is 2.38 bits per heavy atom. The minimum absolute atomic E-state index is 0.254. The van der Waals surface area contributed by atoms with Crippen LogP contribution >= 0.6 is 0 Å². The van der Waals surface area contributed by atoms with Crippen molar-refractivity contribution in [3.8, 4) is 11.5 Å². The molecule has 170 valence electrons. The van der Waals surface area contributed by atoms with Crippen LogP contribution in [0, 0.1) is 0 Å². The molecule has 0 bridgehead atoms. The van der Waals surface area contributed by atoms with Gasteiger partial charge in [-0.1, -0.05) is 6.58 Å². The Bertz CT molecular complexity index is 993. The number of hydrogen-bond donors (Lipinski definition) is 1. The van der Waals surface area contributed by atoms with Gasteiger partial charge < -0.3 is 9.84 Å². The molecule has 0 radical (unpaired) electrons. The zero-order valence-electron chi connectivity index (χ0n) is 17.9. The molecular formula is C24H26F3N3O2. The van der Waals surface area contributed by atoms with Crippen LogP contribution in [0.5, 0.6) is 11.5 Å². The molecule has 0 spiro atoms. The number of rotatable bonds is 7. The molecule has 1 aliphatic heterocycles. The van der Waals surface area contributed by atoms with Crippen molar-refractivity contribution in [2.45, 2.75) is 38.6 Å². The number of halogens is 3. The van der Waals surface area contributed by atoms with Crippen LogP contribution in [0.4, 0.5) is 13.2 Å². The van der Waals surface area contributed by atoms with Crippen LogP contribution in [0.15, 0.2) is 64.7 Å². The number of likely N-dealkylation sites (tertiary alicyclic amines) is 1. The van der Waals surface area contributed by atoms with Gasteiger partial charge in [0.25, 0.3) is 0 Å². The van der Waals surface area contributed by atoms with Gasteiger partial charge in [-0.25, -0.2) is 9.98 Å². The van der Waals surface area contributed by atoms with Crippen LogP contribution < -0.4 is 4.74 Å². The number of aliphatic hydroxyl groups is 1. The van der Waals surface area contributed by atoms with Crippen LogP contribution in [0.3, 0.4) is 0 Å². The monoisotopic (exact) mass is 445 g/mol. The fourth-order valence-electron chi connectivity index (χ4n) is 3.38. The van der Waals surface area contributed by atoms with Crippen LogP contribution in [-0.4, -0.2) is 41.8 Å². The number of amidine groups is 1. The van der Waals surface area contributed by atoms with Gasteiger partial charge in [0.05, 0.1) is 17.4 Å². The SMILES string of the molecule is C=NC(=NC(=C)C(C)O)c1ccc(Oc2ccc(C(F)(F)F)cc2CN2CCCC2)cc1. The predicted molar refractivity (Wildman–Crippen MR) is 119 cm³/mol. The van der Waals surface area contributed by atoms with E-state index in [-0.39, 0.29) is 5.70 Å². The van der Waals surface area contributed by atoms with E-state index in [0.29, 0.717) is 35.0 Å². The van der Waals surface area contributed by atoms with Crippen molar-refractivity contribution in [1.29, 1.82) is 0 Å². The maximum atomic E-state index is 13.2. The Hall–Kier alpha value is -2.97. The van der Waals surface area contributed by atoms with Crippen molar-refractivity contribution in [3.63, 3.8) is 0 Å². The number of aliphatic hydroxyl groups excluding tert-OH is 1. The Morgan fingerprint density at radius 1 is 1.16 bits per heavy atom. The van der Waals surface area contributed by atoms with Crippen molar-refractivity contribution in [3.05, 3.63) is 71.4 Å². The van der Waals surface area contributed by atoms with Crippen LogP contribution in [-0.2, 0) is 12.7 Å². The fraction of sp³-hybridized carbons (Fsp3) is 0.333. The van der Waals surface area contributed by atoms with E-state index in [0.717, 1.165) is 38.1 Å². The molecule has 1 fully saturated rings. The number of hydrogen-bond acceptors (Lipinski definition) is 4. The predicted octanol–water partition coefficient (Wildman–Crippen LogP) is 5.44. The van der Waals surface area contributed by atoms with Crippen molar-refractivity contribution < 1.29 is 23.0 Å². The van der Waals surface area contributed by atoms with Gasteiger partial charge in [-0.05, 0) is 82.0 Å². The normalized spacial score (nSPS) is 16.1. The lowest BCUT2D eigenvalue weighted by atomic mass is 10.1. The summed E-state index contributed by atoms with van der Waals surface area (Å²) in [4.78, 5) is 10.2. The summed E-state index contributed by atoms with van der Waals surface area (Å²) in [6.07, 6.45) is -3.15. The highest BCUT2D eigenvalue weighted by atomic mass is 19.4. The number of nitrogens with zero attached hydrogens (tertiary/aromatic N) is 3. The van der Waals surface area contributed by atoms with Gasteiger partial charge in [0.15, 0.2) is 5.84 Å². The van der Waals surface area contributed by atoms with Gasteiger partial charge >= 0.3 is 6.18 Å². The maximum Gasteiger partial charge on any atom is 0.416 e. The molecule has 3 rings (SSSR count). The fourth-order valence-corrected chi connectivity index (χ4v) is 3.38. The molecule has 1 atom stereocenters. The third-order valence-corrected chi connectivity index (χ3v) is 5.20. The molecule has 8 heteroatoms. The topological polar surface area (TPSA) is 57.4 Å². The molecule has 5 nitrogen and oxygen atoms in total. The summed E-state index contributed by atoms with van der Waals surface area (Å²) >= 11 is 0. The molecule has 1 unspecified atom stereocenters. The van der Waals surface area contributed by atoms with E-state index in [9.17, 15) is 18.3 Å². The van der Waals surface area contributed by atoms with Gasteiger partial charge in [-0.2, -0.15) is 13.2 Å². The summed E-state index contributed by atoms with van der Waals surface area (Å²) in [6.45, 7) is 10.8. The lowest BCUT2D eigenvalue weighted by Crippen LogP contribution is -2.19. The zero-order valence-corrected chi connectivity index (χ0v) is 17.9. The van der Waals surface area contributed by atoms with E-state index in [1.807, 2.05) is 0 Å². The van der Waals surface area contributed by atoms with Crippen molar-refractivity contribution in [2.24, 2.45) is 9.98 Å². The highest BCUT2D eigenvalue weighted by Gasteiger charge is 2.31. The molecule has 2 aromatic rings. The third-order valence-electron chi connectivity index (χ3n) is 5.20. The standard InChI is InChI=1S/C24H26F3N3O2/c1-16(17(2)31)29-23(28-3)18-6-9-21(10-7-18)32-22-11-8-20(24(25,26)27)14-19(22)15-30-12-4-5-13-30/h6-11,14,17,31H,1,3-5,12-13,15H2,2H3. The average Bonchev–Trinajstić information content (AvgIpc) is 3.26. The summed E-state index contributed by atoms with van der Waals surface area (Å²) < 4.78 is 45.6. The summed E-state index contributed by atoms with van der Waals surface area (Å²) in [5.74, 6) is 1.15. The number of aliphatic imine (C=N–C) groups is 2. The van der Waals surface area contributed by atoms with Crippen LogP contribution in [0.1, 0.15) is 36.5 Å². The number of ether oxygens (including phenoxy) is 1. The Morgan fingerprint density at radius 2 is 1.81 bits per heavy atom. The Balaban J connectivity index is 1.84. The quantitative estimate of drug-likeness (QED) is 0.456. The van der Waals surface area contributed by atoms with Crippen molar-refractivity contribution in [2.75, 3.05) is 13.1 Å². The average molecular weight is 445 g/mol. The summed E-state index contributed by atoms with van der Waals surface area (Å²) in [7, 11) is 0. The highest BCUT2D eigenvalue weighted by Crippen LogP contribution is 2.35. The minimum atomic E-state index is -4.41. The molecule has 1 heterocycles. The van der Waals surface area contributed by atoms with Gasteiger partial charge in [0.2, 0.25) is 0 Å². The first-order valence-corrected chi connectivity index (χ1v) is 10.3. The van der Waals surface area contributed by atoms with Crippen LogP contribution in [0.2, 0.25) is 0 Å². The zero-order chi connectivity index (χ0) is 23.3. The first kappa shape index (κ1) is 23.7. The molecule has 0 amide bonds. The van der Waals surface area contributed by atoms with E-state index in [1.165, 1.54) is 6.07 Å². The number of benzene rings is 2. The largest absolute Gasteiger partial charge is 0.457 e. The molecule has 2 aromatic carbocycles. The van der Waals surface area contributed by atoms with Gasteiger partial charge in [-0.15, -0.1) is 0 Å². The molecular weight excluding hydrogens is 419 g/mol. The van der Waals surface area contributed by atoms with Crippen LogP contribution in [0.25, 0.3) is 0 Å². The lowest BCUT2D eigenvalue weighted by molar-refractivity contribution is -0.137. The number of alkyl halides is 3. The molecule has 0 saturated carbocycles. The van der Waals surface area contributed by atoms with E-state index in [1.54, 1.807) is 31.2 Å². The molecule has 1 aliphatic rings. The molecule has 32 heavy (non-hydrogen) atoms. The molecule has 0 aromatic heterocycles. The lowest BCUT2D eigenvalue weighted by Gasteiger charge is -2.19. The van der Waals surface area contributed by atoms with Crippen molar-refractivity contribution >= 4 is 12.6 Å². The maximum absolute atomic E-state index is 13.2. The van der Waals surface area contributed by atoms with E-state index < -0.39 is 17.8 Å². The van der Waals surface area contributed by atoms with Gasteiger partial charge in [-0.3, -0.25) is 4.90 Å².